The maximum Gasteiger partial charge on any atom is 0.221 e. The van der Waals surface area contributed by atoms with Gasteiger partial charge in [0.25, 0.3) is 0 Å². The molecule has 0 radical (unpaired) electrons. The summed E-state index contributed by atoms with van der Waals surface area (Å²) in [6.45, 7) is 5.97. The zero-order valence-electron chi connectivity index (χ0n) is 12.1. The molecule has 1 aromatic carbocycles. The molecule has 1 aliphatic rings. The smallest absolute Gasteiger partial charge is 0.221 e. The second kappa shape index (κ2) is 6.20. The first-order chi connectivity index (χ1) is 9.10. The van der Waals surface area contributed by atoms with Crippen LogP contribution in [-0.2, 0) is 4.79 Å². The average molecular weight is 260 g/mol. The van der Waals surface area contributed by atoms with Gasteiger partial charge in [-0.15, -0.1) is 0 Å². The predicted molar refractivity (Wildman–Crippen MR) is 79.1 cm³/mol. The summed E-state index contributed by atoms with van der Waals surface area (Å²) in [4.78, 5) is 11.1. The summed E-state index contributed by atoms with van der Waals surface area (Å²) in [6.07, 6.45) is 3.91. The van der Waals surface area contributed by atoms with Gasteiger partial charge in [0.1, 0.15) is 0 Å². The van der Waals surface area contributed by atoms with Gasteiger partial charge < -0.3 is 10.6 Å². The monoisotopic (exact) mass is 260 g/mol. The zero-order valence-corrected chi connectivity index (χ0v) is 12.1. The molecule has 2 rings (SSSR count). The molecular weight excluding hydrogens is 236 g/mol. The Morgan fingerprint density at radius 1 is 1.47 bits per heavy atom. The summed E-state index contributed by atoms with van der Waals surface area (Å²) >= 11 is 0. The third-order valence-electron chi connectivity index (χ3n) is 3.75. The molecule has 3 heteroatoms. The summed E-state index contributed by atoms with van der Waals surface area (Å²) < 4.78 is 0. The number of benzene rings is 1. The molecule has 0 aliphatic heterocycles. The van der Waals surface area contributed by atoms with Crippen LogP contribution in [0, 0.1) is 5.92 Å². The van der Waals surface area contributed by atoms with E-state index in [1.54, 1.807) is 0 Å². The second-order valence-corrected chi connectivity index (χ2v) is 5.59. The standard InChI is InChI=1S/C16H24N2O/c1-4-6-14-10-16(14)17-11(2)13-7-5-8-15(9-13)18-12(3)19/h5,7-9,11,14,16-17H,4,6,10H2,1-3H3,(H,18,19). The molecule has 3 unspecified atom stereocenters. The first-order valence-electron chi connectivity index (χ1n) is 7.23. The quantitative estimate of drug-likeness (QED) is 0.822. The molecule has 3 atom stereocenters. The van der Waals surface area contributed by atoms with Gasteiger partial charge in [-0.2, -0.15) is 0 Å². The molecule has 0 saturated heterocycles. The van der Waals surface area contributed by atoms with Gasteiger partial charge in [-0.05, 0) is 43.4 Å². The van der Waals surface area contributed by atoms with Crippen molar-refractivity contribution >= 4 is 11.6 Å². The number of carbonyl (C=O) groups is 1. The van der Waals surface area contributed by atoms with E-state index in [0.717, 1.165) is 11.6 Å². The minimum Gasteiger partial charge on any atom is -0.326 e. The lowest BCUT2D eigenvalue weighted by Gasteiger charge is -2.15. The van der Waals surface area contributed by atoms with Crippen molar-refractivity contribution in [3.05, 3.63) is 29.8 Å². The Bertz CT molecular complexity index is 444. The van der Waals surface area contributed by atoms with Crippen molar-refractivity contribution in [3.8, 4) is 0 Å². The van der Waals surface area contributed by atoms with Gasteiger partial charge in [0.05, 0.1) is 0 Å². The van der Waals surface area contributed by atoms with Crippen LogP contribution in [0.4, 0.5) is 5.69 Å². The van der Waals surface area contributed by atoms with Gasteiger partial charge in [0.15, 0.2) is 0 Å². The summed E-state index contributed by atoms with van der Waals surface area (Å²) in [7, 11) is 0. The minimum absolute atomic E-state index is 0.0250. The zero-order chi connectivity index (χ0) is 13.8. The van der Waals surface area contributed by atoms with Crippen molar-refractivity contribution in [2.24, 2.45) is 5.92 Å². The number of hydrogen-bond acceptors (Lipinski definition) is 2. The van der Waals surface area contributed by atoms with E-state index < -0.39 is 0 Å². The fourth-order valence-electron chi connectivity index (χ4n) is 2.65. The van der Waals surface area contributed by atoms with Gasteiger partial charge in [0, 0.05) is 24.7 Å². The Labute approximate surface area is 115 Å². The normalized spacial score (nSPS) is 22.9. The van der Waals surface area contributed by atoms with E-state index in [1.807, 2.05) is 12.1 Å². The average Bonchev–Trinajstić information content (AvgIpc) is 3.07. The topological polar surface area (TPSA) is 41.1 Å². The summed E-state index contributed by atoms with van der Waals surface area (Å²) in [5.41, 5.74) is 2.10. The molecule has 0 bridgehead atoms. The van der Waals surface area contributed by atoms with Gasteiger partial charge >= 0.3 is 0 Å². The number of anilines is 1. The fraction of sp³-hybridized carbons (Fsp3) is 0.562. The van der Waals surface area contributed by atoms with Crippen LogP contribution in [0.5, 0.6) is 0 Å². The van der Waals surface area contributed by atoms with Gasteiger partial charge in [-0.25, -0.2) is 0 Å². The molecule has 1 amide bonds. The first-order valence-corrected chi connectivity index (χ1v) is 7.23. The van der Waals surface area contributed by atoms with E-state index >= 15 is 0 Å². The van der Waals surface area contributed by atoms with E-state index in [9.17, 15) is 4.79 Å². The number of carbonyl (C=O) groups excluding carboxylic acids is 1. The third kappa shape index (κ3) is 4.06. The molecule has 0 spiro atoms. The second-order valence-electron chi connectivity index (χ2n) is 5.59. The molecule has 19 heavy (non-hydrogen) atoms. The van der Waals surface area contributed by atoms with Crippen LogP contribution in [0.2, 0.25) is 0 Å². The van der Waals surface area contributed by atoms with Crippen molar-refractivity contribution in [1.29, 1.82) is 0 Å². The molecule has 2 N–H and O–H groups in total. The Hall–Kier alpha value is -1.35. The first kappa shape index (κ1) is 14.1. The van der Waals surface area contributed by atoms with E-state index in [0.29, 0.717) is 12.1 Å². The fourth-order valence-corrected chi connectivity index (χ4v) is 2.65. The molecule has 104 valence electrons. The lowest BCUT2D eigenvalue weighted by Crippen LogP contribution is -2.22. The predicted octanol–water partition coefficient (Wildman–Crippen LogP) is 3.48. The summed E-state index contributed by atoms with van der Waals surface area (Å²) in [5, 5.41) is 6.50. The van der Waals surface area contributed by atoms with Crippen LogP contribution in [0.15, 0.2) is 24.3 Å². The molecule has 1 saturated carbocycles. The molecule has 1 aliphatic carbocycles. The highest BCUT2D eigenvalue weighted by Gasteiger charge is 2.36. The van der Waals surface area contributed by atoms with Crippen molar-refractivity contribution in [2.45, 2.75) is 52.1 Å². The Kier molecular flexibility index (Phi) is 4.59. The lowest BCUT2D eigenvalue weighted by atomic mass is 10.1. The van der Waals surface area contributed by atoms with Crippen molar-refractivity contribution < 1.29 is 4.79 Å². The maximum absolute atomic E-state index is 11.1. The third-order valence-corrected chi connectivity index (χ3v) is 3.75. The lowest BCUT2D eigenvalue weighted by molar-refractivity contribution is -0.114. The number of hydrogen-bond donors (Lipinski definition) is 2. The highest BCUT2D eigenvalue weighted by molar-refractivity contribution is 5.88. The van der Waals surface area contributed by atoms with Crippen molar-refractivity contribution in [1.82, 2.24) is 5.32 Å². The van der Waals surface area contributed by atoms with Gasteiger partial charge in [0.2, 0.25) is 5.91 Å². The largest absolute Gasteiger partial charge is 0.326 e. The number of nitrogens with one attached hydrogen (secondary N) is 2. The highest BCUT2D eigenvalue weighted by Crippen LogP contribution is 2.36. The van der Waals surface area contributed by atoms with Crippen LogP contribution >= 0.6 is 0 Å². The van der Waals surface area contributed by atoms with E-state index in [2.05, 4.69) is 36.6 Å². The minimum atomic E-state index is -0.0250. The number of amides is 1. The van der Waals surface area contributed by atoms with Gasteiger partial charge in [-0.1, -0.05) is 25.5 Å². The van der Waals surface area contributed by atoms with Crippen LogP contribution in [0.25, 0.3) is 0 Å². The van der Waals surface area contributed by atoms with Crippen LogP contribution in [-0.4, -0.2) is 11.9 Å². The van der Waals surface area contributed by atoms with Gasteiger partial charge in [-0.3, -0.25) is 4.79 Å². The van der Waals surface area contributed by atoms with E-state index in [-0.39, 0.29) is 5.91 Å². The molecule has 1 fully saturated rings. The molecular formula is C16H24N2O. The molecule has 0 aromatic heterocycles. The molecule has 1 aromatic rings. The van der Waals surface area contributed by atoms with E-state index in [1.165, 1.54) is 31.7 Å². The molecule has 3 nitrogen and oxygen atoms in total. The Morgan fingerprint density at radius 2 is 2.26 bits per heavy atom. The van der Waals surface area contributed by atoms with E-state index in [4.69, 9.17) is 0 Å². The van der Waals surface area contributed by atoms with Crippen LogP contribution in [0.1, 0.15) is 51.6 Å². The summed E-state index contributed by atoms with van der Waals surface area (Å²) in [5.74, 6) is 0.842. The van der Waals surface area contributed by atoms with Crippen LogP contribution in [0.3, 0.4) is 0 Å². The summed E-state index contributed by atoms with van der Waals surface area (Å²) in [6, 6.07) is 9.10. The highest BCUT2D eigenvalue weighted by atomic mass is 16.1. The van der Waals surface area contributed by atoms with Crippen LogP contribution < -0.4 is 10.6 Å². The van der Waals surface area contributed by atoms with Crippen molar-refractivity contribution in [3.63, 3.8) is 0 Å². The Morgan fingerprint density at radius 3 is 2.95 bits per heavy atom. The maximum atomic E-state index is 11.1. The number of rotatable bonds is 6. The molecule has 0 heterocycles. The van der Waals surface area contributed by atoms with Crippen molar-refractivity contribution in [2.75, 3.05) is 5.32 Å². The Balaban J connectivity index is 1.92. The SMILES string of the molecule is CCCC1CC1NC(C)c1cccc(NC(C)=O)c1.